The molecule has 0 radical (unpaired) electrons. The Morgan fingerprint density at radius 3 is 2.52 bits per heavy atom. The number of aryl methyl sites for hydroxylation is 1. The molecule has 2 heterocycles. The second kappa shape index (κ2) is 8.52. The normalized spacial score (nSPS) is 10.7. The third kappa shape index (κ3) is 4.58. The molecule has 0 saturated carbocycles. The summed E-state index contributed by atoms with van der Waals surface area (Å²) in [6.07, 6.45) is 7.43. The molecule has 0 N–H and O–H groups in total. The van der Waals surface area contributed by atoms with E-state index in [0.717, 1.165) is 22.3 Å². The van der Waals surface area contributed by atoms with Crippen molar-refractivity contribution in [2.24, 2.45) is 7.05 Å². The van der Waals surface area contributed by atoms with Gasteiger partial charge >= 0.3 is 0 Å². The van der Waals surface area contributed by atoms with Crippen molar-refractivity contribution in [3.05, 3.63) is 102 Å². The van der Waals surface area contributed by atoms with Crippen LogP contribution in [0, 0.1) is 0 Å². The summed E-state index contributed by atoms with van der Waals surface area (Å²) in [5.41, 5.74) is 4.42. The number of ether oxygens (including phenoxy) is 1. The largest absolute Gasteiger partial charge is 0.488 e. The number of hydrogen-bond acceptors (Lipinski definition) is 4. The molecule has 29 heavy (non-hydrogen) atoms. The lowest BCUT2D eigenvalue weighted by Crippen LogP contribution is -2.07. The number of ketones is 1. The van der Waals surface area contributed by atoms with Crippen molar-refractivity contribution in [2.45, 2.75) is 13.0 Å². The molecule has 5 nitrogen and oxygen atoms in total. The van der Waals surface area contributed by atoms with Crippen molar-refractivity contribution in [1.29, 1.82) is 0 Å². The fourth-order valence-electron chi connectivity index (χ4n) is 3.14. The molecule has 0 unspecified atom stereocenters. The molecule has 5 heteroatoms. The van der Waals surface area contributed by atoms with Crippen LogP contribution in [0.3, 0.4) is 0 Å². The maximum absolute atomic E-state index is 13.0. The molecule has 0 aliphatic heterocycles. The Hall–Kier alpha value is -3.73. The van der Waals surface area contributed by atoms with Gasteiger partial charge in [-0.3, -0.25) is 14.5 Å². The predicted octanol–water partition coefficient (Wildman–Crippen LogP) is 4.49. The number of hydrogen-bond donors (Lipinski definition) is 0. The molecule has 0 saturated heterocycles. The van der Waals surface area contributed by atoms with Crippen molar-refractivity contribution in [1.82, 2.24) is 14.8 Å². The van der Waals surface area contributed by atoms with E-state index in [2.05, 4.69) is 10.1 Å². The zero-order valence-electron chi connectivity index (χ0n) is 16.2. The zero-order chi connectivity index (χ0) is 20.1. The molecule has 4 rings (SSSR count). The number of rotatable bonds is 7. The number of Topliss-reactive ketones (excluding diaryl/α,β-unsaturated/α-hetero) is 1. The van der Waals surface area contributed by atoms with E-state index in [1.165, 1.54) is 0 Å². The Morgan fingerprint density at radius 2 is 1.79 bits per heavy atom. The SMILES string of the molecule is Cn1cc(-c2ccc(C(=O)Cc3cccnc3)c(OCc3ccccc3)c2)cn1. The maximum atomic E-state index is 13.0. The van der Waals surface area contributed by atoms with Crippen LogP contribution < -0.4 is 4.74 Å². The number of nitrogens with zero attached hydrogens (tertiary/aromatic N) is 3. The minimum Gasteiger partial charge on any atom is -0.488 e. The van der Waals surface area contributed by atoms with Gasteiger partial charge in [0.05, 0.1) is 11.8 Å². The summed E-state index contributed by atoms with van der Waals surface area (Å²) in [5.74, 6) is 0.572. The van der Waals surface area contributed by atoms with Crippen molar-refractivity contribution >= 4 is 5.78 Å². The highest BCUT2D eigenvalue weighted by Gasteiger charge is 2.15. The van der Waals surface area contributed by atoms with Gasteiger partial charge in [0.15, 0.2) is 5.78 Å². The van der Waals surface area contributed by atoms with Crippen LogP contribution in [0.4, 0.5) is 0 Å². The molecule has 2 aromatic carbocycles. The summed E-state index contributed by atoms with van der Waals surface area (Å²) in [6.45, 7) is 0.393. The molecular weight excluding hydrogens is 362 g/mol. The lowest BCUT2D eigenvalue weighted by molar-refractivity contribution is 0.0988. The van der Waals surface area contributed by atoms with Crippen LogP contribution in [-0.4, -0.2) is 20.5 Å². The van der Waals surface area contributed by atoms with Gasteiger partial charge in [-0.1, -0.05) is 42.5 Å². The summed E-state index contributed by atoms with van der Waals surface area (Å²) in [6, 6.07) is 19.3. The van der Waals surface area contributed by atoms with E-state index >= 15 is 0 Å². The van der Waals surface area contributed by atoms with E-state index in [4.69, 9.17) is 4.74 Å². The fraction of sp³-hybridized carbons (Fsp3) is 0.125. The average molecular weight is 383 g/mol. The second-order valence-corrected chi connectivity index (χ2v) is 6.85. The quantitative estimate of drug-likeness (QED) is 0.441. The maximum Gasteiger partial charge on any atom is 0.171 e. The van der Waals surface area contributed by atoms with Gasteiger partial charge in [-0.2, -0.15) is 5.10 Å². The standard InChI is InChI=1S/C24H21N3O2/c1-27-16-21(15-26-27)20-9-10-22(23(28)12-19-8-5-11-25-14-19)24(13-20)29-17-18-6-3-2-4-7-18/h2-11,13-16H,12,17H2,1H3. The fourth-order valence-corrected chi connectivity index (χ4v) is 3.14. The molecule has 0 aliphatic carbocycles. The highest BCUT2D eigenvalue weighted by Crippen LogP contribution is 2.29. The van der Waals surface area contributed by atoms with Crippen molar-refractivity contribution in [3.63, 3.8) is 0 Å². The number of benzene rings is 2. The van der Waals surface area contributed by atoms with E-state index in [0.29, 0.717) is 17.9 Å². The topological polar surface area (TPSA) is 57.0 Å². The number of pyridine rings is 1. The first-order valence-electron chi connectivity index (χ1n) is 9.41. The van der Waals surface area contributed by atoms with Gasteiger partial charge in [0.2, 0.25) is 0 Å². The first-order chi connectivity index (χ1) is 14.2. The van der Waals surface area contributed by atoms with Gasteiger partial charge in [0, 0.05) is 37.6 Å². The minimum atomic E-state index is -0.00111. The number of aromatic nitrogens is 3. The minimum absolute atomic E-state index is 0.00111. The van der Waals surface area contributed by atoms with Gasteiger partial charge in [-0.15, -0.1) is 0 Å². The van der Waals surface area contributed by atoms with Gasteiger partial charge in [0.25, 0.3) is 0 Å². The van der Waals surface area contributed by atoms with Crippen LogP contribution >= 0.6 is 0 Å². The van der Waals surface area contributed by atoms with E-state index in [-0.39, 0.29) is 12.2 Å². The van der Waals surface area contributed by atoms with Crippen molar-refractivity contribution in [2.75, 3.05) is 0 Å². The average Bonchev–Trinajstić information content (AvgIpc) is 3.20. The monoisotopic (exact) mass is 383 g/mol. The molecular formula is C24H21N3O2. The summed E-state index contributed by atoms with van der Waals surface area (Å²) in [5, 5.41) is 4.23. The van der Waals surface area contributed by atoms with E-state index < -0.39 is 0 Å². The number of carbonyl (C=O) groups excluding carboxylic acids is 1. The lowest BCUT2D eigenvalue weighted by Gasteiger charge is -2.13. The van der Waals surface area contributed by atoms with E-state index in [1.807, 2.05) is 73.9 Å². The first kappa shape index (κ1) is 18.6. The first-order valence-corrected chi connectivity index (χ1v) is 9.41. The summed E-state index contributed by atoms with van der Waals surface area (Å²) < 4.78 is 7.84. The molecule has 0 bridgehead atoms. The smallest absolute Gasteiger partial charge is 0.171 e. The van der Waals surface area contributed by atoms with Crippen molar-refractivity contribution < 1.29 is 9.53 Å². The molecule has 0 aliphatic rings. The lowest BCUT2D eigenvalue weighted by atomic mass is 10.00. The summed E-state index contributed by atoms with van der Waals surface area (Å²) >= 11 is 0. The molecule has 4 aromatic rings. The third-order valence-electron chi connectivity index (χ3n) is 4.64. The summed E-state index contributed by atoms with van der Waals surface area (Å²) in [4.78, 5) is 17.1. The van der Waals surface area contributed by atoms with Gasteiger partial charge in [0.1, 0.15) is 12.4 Å². The van der Waals surface area contributed by atoms with Crippen LogP contribution in [0.2, 0.25) is 0 Å². The number of carbonyl (C=O) groups is 1. The highest BCUT2D eigenvalue weighted by molar-refractivity contribution is 6.00. The Kier molecular flexibility index (Phi) is 5.47. The Labute approximate surface area is 169 Å². The van der Waals surface area contributed by atoms with E-state index in [9.17, 15) is 4.79 Å². The third-order valence-corrected chi connectivity index (χ3v) is 4.64. The molecule has 0 fully saturated rings. The molecule has 144 valence electrons. The van der Waals surface area contributed by atoms with Crippen molar-refractivity contribution in [3.8, 4) is 16.9 Å². The van der Waals surface area contributed by atoms with Gasteiger partial charge < -0.3 is 4.74 Å². The predicted molar refractivity (Wildman–Crippen MR) is 112 cm³/mol. The molecule has 0 atom stereocenters. The summed E-state index contributed by atoms with van der Waals surface area (Å²) in [7, 11) is 1.88. The Bertz CT molecular complexity index is 1110. The second-order valence-electron chi connectivity index (χ2n) is 6.85. The van der Waals surface area contributed by atoms with Crippen LogP contribution in [0.25, 0.3) is 11.1 Å². The Morgan fingerprint density at radius 1 is 0.966 bits per heavy atom. The van der Waals surface area contributed by atoms with Crippen LogP contribution in [0.1, 0.15) is 21.5 Å². The highest BCUT2D eigenvalue weighted by atomic mass is 16.5. The molecule has 0 spiro atoms. The Balaban J connectivity index is 1.64. The molecule has 0 amide bonds. The van der Waals surface area contributed by atoms with Gasteiger partial charge in [-0.25, -0.2) is 0 Å². The van der Waals surface area contributed by atoms with E-state index in [1.54, 1.807) is 23.3 Å². The zero-order valence-corrected chi connectivity index (χ0v) is 16.2. The van der Waals surface area contributed by atoms with Gasteiger partial charge in [-0.05, 0) is 34.9 Å². The van der Waals surface area contributed by atoms with Crippen LogP contribution in [0.15, 0.2) is 85.5 Å². The van der Waals surface area contributed by atoms with Crippen LogP contribution in [0.5, 0.6) is 5.75 Å². The van der Waals surface area contributed by atoms with Crippen LogP contribution in [-0.2, 0) is 20.1 Å². The molecule has 2 aromatic heterocycles.